The number of nitrogens with one attached hydrogen (secondary N) is 1. The van der Waals surface area contributed by atoms with Crippen LogP contribution in [0.3, 0.4) is 0 Å². The van der Waals surface area contributed by atoms with Crippen LogP contribution in [0.5, 0.6) is 0 Å². The third kappa shape index (κ3) is 4.24. The molecule has 2 nitrogen and oxygen atoms in total. The lowest BCUT2D eigenvalue weighted by Gasteiger charge is -2.22. The molecule has 16 heavy (non-hydrogen) atoms. The van der Waals surface area contributed by atoms with Crippen LogP contribution >= 0.6 is 15.9 Å². The van der Waals surface area contributed by atoms with Gasteiger partial charge in [0.15, 0.2) is 0 Å². The predicted molar refractivity (Wildman–Crippen MR) is 71.6 cm³/mol. The number of hydrogen-bond donors (Lipinski definition) is 1. The molecule has 0 aliphatic rings. The van der Waals surface area contributed by atoms with Crippen LogP contribution in [0.1, 0.15) is 31.9 Å². The first kappa shape index (κ1) is 13.7. The number of hydrogen-bond acceptors (Lipinski definition) is 2. The zero-order valence-corrected chi connectivity index (χ0v) is 11.8. The van der Waals surface area contributed by atoms with E-state index in [2.05, 4.69) is 59.4 Å². The van der Waals surface area contributed by atoms with Gasteiger partial charge >= 0.3 is 0 Å². The average Bonchev–Trinajstić information content (AvgIpc) is 2.29. The molecule has 0 saturated carbocycles. The van der Waals surface area contributed by atoms with Crippen molar-refractivity contribution in [2.24, 2.45) is 0 Å². The number of ether oxygens (including phenoxy) is 1. The van der Waals surface area contributed by atoms with Crippen LogP contribution in [-0.2, 0) is 4.74 Å². The molecule has 1 aromatic rings. The van der Waals surface area contributed by atoms with Gasteiger partial charge < -0.3 is 10.1 Å². The summed E-state index contributed by atoms with van der Waals surface area (Å²) in [6.45, 7) is 5.09. The Balaban J connectivity index is 2.72. The van der Waals surface area contributed by atoms with E-state index >= 15 is 0 Å². The maximum atomic E-state index is 5.99. The molecule has 1 N–H and O–H groups in total. The van der Waals surface area contributed by atoms with Crippen molar-refractivity contribution in [3.8, 4) is 0 Å². The van der Waals surface area contributed by atoms with Gasteiger partial charge in [0.05, 0.1) is 12.2 Å². The second-order valence-electron chi connectivity index (χ2n) is 3.95. The Bertz CT molecular complexity index is 299. The number of halogens is 1. The van der Waals surface area contributed by atoms with Crippen molar-refractivity contribution in [2.45, 2.75) is 32.5 Å². The third-order valence-electron chi connectivity index (χ3n) is 2.60. The van der Waals surface area contributed by atoms with Crippen LogP contribution in [-0.4, -0.2) is 19.7 Å². The molecular formula is C13H20BrNO. The van der Waals surface area contributed by atoms with E-state index in [9.17, 15) is 0 Å². The minimum atomic E-state index is 0.132. The first-order chi connectivity index (χ1) is 7.67. The Hall–Kier alpha value is -0.380. The zero-order chi connectivity index (χ0) is 12.0. The Labute approximate surface area is 107 Å². The predicted octanol–water partition coefficient (Wildman–Crippen LogP) is 3.52. The first-order valence-corrected chi connectivity index (χ1v) is 6.52. The van der Waals surface area contributed by atoms with Gasteiger partial charge in [0.25, 0.3) is 0 Å². The van der Waals surface area contributed by atoms with Crippen molar-refractivity contribution >= 4 is 15.9 Å². The van der Waals surface area contributed by atoms with Gasteiger partial charge in [-0.3, -0.25) is 0 Å². The van der Waals surface area contributed by atoms with E-state index in [0.717, 1.165) is 17.4 Å². The second-order valence-corrected chi connectivity index (χ2v) is 4.87. The normalized spacial score (nSPS) is 14.8. The summed E-state index contributed by atoms with van der Waals surface area (Å²) in [4.78, 5) is 0. The summed E-state index contributed by atoms with van der Waals surface area (Å²) in [7, 11) is 1.95. The van der Waals surface area contributed by atoms with E-state index in [0.29, 0.717) is 6.10 Å². The van der Waals surface area contributed by atoms with Gasteiger partial charge in [-0.05, 0) is 38.1 Å². The Kier molecular flexibility index (Phi) is 6.03. The first-order valence-electron chi connectivity index (χ1n) is 5.72. The van der Waals surface area contributed by atoms with E-state index in [-0.39, 0.29) is 6.10 Å². The van der Waals surface area contributed by atoms with Crippen LogP contribution in [0.25, 0.3) is 0 Å². The van der Waals surface area contributed by atoms with Crippen molar-refractivity contribution in [1.82, 2.24) is 5.32 Å². The third-order valence-corrected chi connectivity index (χ3v) is 3.13. The highest BCUT2D eigenvalue weighted by atomic mass is 79.9. The molecule has 90 valence electrons. The zero-order valence-electron chi connectivity index (χ0n) is 10.2. The molecule has 0 spiro atoms. The van der Waals surface area contributed by atoms with Gasteiger partial charge in [-0.15, -0.1) is 0 Å². The molecule has 0 bridgehead atoms. The summed E-state index contributed by atoms with van der Waals surface area (Å²) in [6, 6.07) is 8.32. The van der Waals surface area contributed by atoms with Gasteiger partial charge in [0.1, 0.15) is 0 Å². The largest absolute Gasteiger partial charge is 0.369 e. The smallest absolute Gasteiger partial charge is 0.0952 e. The number of likely N-dealkylation sites (N-methyl/N-ethyl adjacent to an activating group) is 1. The molecule has 0 aromatic heterocycles. The Morgan fingerprint density at radius 1 is 1.31 bits per heavy atom. The Morgan fingerprint density at radius 3 is 2.44 bits per heavy atom. The highest BCUT2D eigenvalue weighted by Gasteiger charge is 2.13. The molecule has 0 aliphatic carbocycles. The monoisotopic (exact) mass is 285 g/mol. The summed E-state index contributed by atoms with van der Waals surface area (Å²) in [6.07, 6.45) is 1.46. The van der Waals surface area contributed by atoms with E-state index in [4.69, 9.17) is 4.74 Å². The topological polar surface area (TPSA) is 21.3 Å². The molecule has 0 fully saturated rings. The molecule has 1 aromatic carbocycles. The van der Waals surface area contributed by atoms with E-state index < -0.39 is 0 Å². The maximum absolute atomic E-state index is 5.99. The minimum Gasteiger partial charge on any atom is -0.369 e. The molecule has 2 atom stereocenters. The fraction of sp³-hybridized carbons (Fsp3) is 0.538. The summed E-state index contributed by atoms with van der Waals surface area (Å²) < 4.78 is 7.09. The van der Waals surface area contributed by atoms with Crippen molar-refractivity contribution in [3.05, 3.63) is 34.3 Å². The molecule has 3 heteroatoms. The van der Waals surface area contributed by atoms with Crippen molar-refractivity contribution < 1.29 is 4.74 Å². The molecular weight excluding hydrogens is 266 g/mol. The molecule has 0 heterocycles. The lowest BCUT2D eigenvalue weighted by atomic mass is 10.1. The summed E-state index contributed by atoms with van der Waals surface area (Å²) in [5.41, 5.74) is 1.22. The average molecular weight is 286 g/mol. The lowest BCUT2D eigenvalue weighted by Crippen LogP contribution is -2.23. The summed E-state index contributed by atoms with van der Waals surface area (Å²) in [5.74, 6) is 0. The van der Waals surface area contributed by atoms with Gasteiger partial charge in [-0.1, -0.05) is 35.0 Å². The highest BCUT2D eigenvalue weighted by molar-refractivity contribution is 9.10. The van der Waals surface area contributed by atoms with Crippen LogP contribution in [0.4, 0.5) is 0 Å². The number of rotatable bonds is 6. The van der Waals surface area contributed by atoms with Crippen LogP contribution in [0, 0.1) is 0 Å². The number of benzene rings is 1. The standard InChI is InChI=1S/C13H20BrNO/c1-4-10(2)16-13(9-15-3)11-5-7-12(14)8-6-11/h5-8,10,13,15H,4,9H2,1-3H3. The van der Waals surface area contributed by atoms with E-state index in [1.54, 1.807) is 0 Å². The van der Waals surface area contributed by atoms with Crippen LogP contribution in [0.15, 0.2) is 28.7 Å². The van der Waals surface area contributed by atoms with Crippen LogP contribution in [0.2, 0.25) is 0 Å². The summed E-state index contributed by atoms with van der Waals surface area (Å²) in [5, 5.41) is 3.17. The molecule has 0 aliphatic heterocycles. The molecule has 0 radical (unpaired) electrons. The fourth-order valence-corrected chi connectivity index (χ4v) is 1.75. The minimum absolute atomic E-state index is 0.132. The van der Waals surface area contributed by atoms with Gasteiger partial charge in [-0.25, -0.2) is 0 Å². The molecule has 2 unspecified atom stereocenters. The maximum Gasteiger partial charge on any atom is 0.0952 e. The highest BCUT2D eigenvalue weighted by Crippen LogP contribution is 2.21. The quantitative estimate of drug-likeness (QED) is 0.864. The molecule has 0 saturated heterocycles. The van der Waals surface area contributed by atoms with Gasteiger partial charge in [0.2, 0.25) is 0 Å². The lowest BCUT2D eigenvalue weighted by molar-refractivity contribution is -0.00358. The second kappa shape index (κ2) is 7.05. The van der Waals surface area contributed by atoms with Gasteiger partial charge in [-0.2, -0.15) is 0 Å². The molecule has 0 amide bonds. The Morgan fingerprint density at radius 2 is 1.94 bits per heavy atom. The van der Waals surface area contributed by atoms with Crippen molar-refractivity contribution in [1.29, 1.82) is 0 Å². The fourth-order valence-electron chi connectivity index (χ4n) is 1.48. The summed E-state index contributed by atoms with van der Waals surface area (Å²) >= 11 is 3.44. The van der Waals surface area contributed by atoms with E-state index in [1.165, 1.54) is 5.56 Å². The van der Waals surface area contributed by atoms with E-state index in [1.807, 2.05) is 7.05 Å². The van der Waals surface area contributed by atoms with Gasteiger partial charge in [0, 0.05) is 11.0 Å². The molecule has 1 rings (SSSR count). The van der Waals surface area contributed by atoms with Crippen LogP contribution < -0.4 is 5.32 Å². The van der Waals surface area contributed by atoms with Crippen molar-refractivity contribution in [3.63, 3.8) is 0 Å². The van der Waals surface area contributed by atoms with Crippen molar-refractivity contribution in [2.75, 3.05) is 13.6 Å². The SMILES string of the molecule is CCC(C)OC(CNC)c1ccc(Br)cc1.